The van der Waals surface area contributed by atoms with Gasteiger partial charge in [0, 0.05) is 37.1 Å². The number of aromatic nitrogens is 1. The van der Waals surface area contributed by atoms with Gasteiger partial charge in [0.2, 0.25) is 0 Å². The maximum absolute atomic E-state index is 12.2. The van der Waals surface area contributed by atoms with Crippen LogP contribution in [0.25, 0.3) is 0 Å². The fourth-order valence-corrected chi connectivity index (χ4v) is 3.65. The summed E-state index contributed by atoms with van der Waals surface area (Å²) in [7, 11) is 0. The second-order valence-corrected chi connectivity index (χ2v) is 6.75. The molecule has 1 aliphatic rings. The van der Waals surface area contributed by atoms with Gasteiger partial charge in [-0.05, 0) is 31.0 Å². The minimum atomic E-state index is -0.0808. The summed E-state index contributed by atoms with van der Waals surface area (Å²) in [6, 6.07) is 10.4. The number of anilines is 1. The summed E-state index contributed by atoms with van der Waals surface area (Å²) in [5, 5.41) is 5.75. The molecule has 1 aliphatic heterocycles. The fraction of sp³-hybridized carbons (Fsp3) is 0.412. The molecule has 0 saturated carbocycles. The average Bonchev–Trinajstić information content (AvgIpc) is 3.23. The van der Waals surface area contributed by atoms with E-state index in [0.29, 0.717) is 24.7 Å². The Morgan fingerprint density at radius 2 is 2.08 bits per heavy atom. The SMILES string of the molecule is Cl.Cl.NCCc1nc(C(=O)NCC2CCN(c3ccccc3)C2)cs1. The molecule has 0 spiro atoms. The molecule has 3 N–H and O–H groups in total. The monoisotopic (exact) mass is 402 g/mol. The van der Waals surface area contributed by atoms with Crippen molar-refractivity contribution in [3.05, 3.63) is 46.4 Å². The van der Waals surface area contributed by atoms with Gasteiger partial charge < -0.3 is 16.0 Å². The van der Waals surface area contributed by atoms with Crippen molar-refractivity contribution in [3.8, 4) is 0 Å². The van der Waals surface area contributed by atoms with Crippen molar-refractivity contribution in [2.45, 2.75) is 12.8 Å². The molecule has 138 valence electrons. The smallest absolute Gasteiger partial charge is 0.270 e. The van der Waals surface area contributed by atoms with Crippen LogP contribution in [0.5, 0.6) is 0 Å². The first-order chi connectivity index (χ1) is 11.3. The van der Waals surface area contributed by atoms with Crippen molar-refractivity contribution in [1.82, 2.24) is 10.3 Å². The van der Waals surface area contributed by atoms with Crippen LogP contribution in [0.1, 0.15) is 21.9 Å². The molecule has 8 heteroatoms. The molecule has 2 heterocycles. The van der Waals surface area contributed by atoms with Crippen molar-refractivity contribution in [1.29, 1.82) is 0 Å². The minimum Gasteiger partial charge on any atom is -0.371 e. The van der Waals surface area contributed by atoms with Gasteiger partial charge in [0.15, 0.2) is 0 Å². The van der Waals surface area contributed by atoms with Crippen LogP contribution in [0.4, 0.5) is 5.69 Å². The Kier molecular flexibility index (Phi) is 9.21. The molecular formula is C17H24Cl2N4OS. The second kappa shape index (κ2) is 10.6. The summed E-state index contributed by atoms with van der Waals surface area (Å²) in [6.45, 7) is 3.29. The lowest BCUT2D eigenvalue weighted by atomic mass is 10.1. The van der Waals surface area contributed by atoms with Crippen LogP contribution >= 0.6 is 36.2 Å². The number of halogens is 2. The summed E-state index contributed by atoms with van der Waals surface area (Å²) >= 11 is 1.50. The van der Waals surface area contributed by atoms with E-state index in [0.717, 1.165) is 30.9 Å². The van der Waals surface area contributed by atoms with Crippen LogP contribution in [0.2, 0.25) is 0 Å². The highest BCUT2D eigenvalue weighted by Gasteiger charge is 2.23. The number of nitrogens with two attached hydrogens (primary N) is 1. The molecule has 3 rings (SSSR count). The largest absolute Gasteiger partial charge is 0.371 e. The van der Waals surface area contributed by atoms with Crippen LogP contribution in [-0.2, 0) is 6.42 Å². The van der Waals surface area contributed by atoms with Crippen LogP contribution in [0, 0.1) is 5.92 Å². The van der Waals surface area contributed by atoms with Gasteiger partial charge in [-0.25, -0.2) is 4.98 Å². The minimum absolute atomic E-state index is 0. The predicted molar refractivity (Wildman–Crippen MR) is 108 cm³/mol. The van der Waals surface area contributed by atoms with Crippen molar-refractivity contribution in [3.63, 3.8) is 0 Å². The van der Waals surface area contributed by atoms with E-state index in [1.807, 2.05) is 11.4 Å². The molecule has 2 aromatic rings. The van der Waals surface area contributed by atoms with E-state index >= 15 is 0 Å². The fourth-order valence-electron chi connectivity index (χ4n) is 2.85. The van der Waals surface area contributed by atoms with E-state index in [4.69, 9.17) is 5.73 Å². The molecule has 1 aromatic carbocycles. The van der Waals surface area contributed by atoms with Crippen LogP contribution in [-0.4, -0.2) is 37.1 Å². The maximum Gasteiger partial charge on any atom is 0.270 e. The molecule has 1 atom stereocenters. The van der Waals surface area contributed by atoms with Gasteiger partial charge in [-0.3, -0.25) is 4.79 Å². The number of hydrogen-bond donors (Lipinski definition) is 2. The summed E-state index contributed by atoms with van der Waals surface area (Å²) in [5.74, 6) is 0.406. The van der Waals surface area contributed by atoms with Gasteiger partial charge in [0.25, 0.3) is 5.91 Å². The van der Waals surface area contributed by atoms with Gasteiger partial charge in [-0.2, -0.15) is 0 Å². The Hall–Kier alpha value is -1.34. The third-order valence-electron chi connectivity index (χ3n) is 4.10. The molecule has 0 aliphatic carbocycles. The van der Waals surface area contributed by atoms with E-state index in [2.05, 4.69) is 39.5 Å². The Labute approximate surface area is 164 Å². The molecule has 1 amide bonds. The highest BCUT2D eigenvalue weighted by molar-refractivity contribution is 7.09. The van der Waals surface area contributed by atoms with E-state index in [1.165, 1.54) is 17.0 Å². The third kappa shape index (κ3) is 5.85. The number of nitrogens with one attached hydrogen (secondary N) is 1. The first-order valence-electron chi connectivity index (χ1n) is 7.99. The summed E-state index contributed by atoms with van der Waals surface area (Å²) in [4.78, 5) is 18.9. The number of amides is 1. The average molecular weight is 403 g/mol. The normalized spacial score (nSPS) is 16.0. The number of carbonyl (C=O) groups excluding carboxylic acids is 1. The quantitative estimate of drug-likeness (QED) is 0.778. The lowest BCUT2D eigenvalue weighted by Gasteiger charge is -2.18. The van der Waals surface area contributed by atoms with Gasteiger partial charge in [0.05, 0.1) is 5.01 Å². The lowest BCUT2D eigenvalue weighted by Crippen LogP contribution is -2.31. The van der Waals surface area contributed by atoms with E-state index in [9.17, 15) is 4.79 Å². The van der Waals surface area contributed by atoms with Gasteiger partial charge >= 0.3 is 0 Å². The van der Waals surface area contributed by atoms with Crippen LogP contribution < -0.4 is 16.0 Å². The number of rotatable bonds is 6. The molecule has 25 heavy (non-hydrogen) atoms. The molecular weight excluding hydrogens is 379 g/mol. The number of benzene rings is 1. The number of nitrogens with zero attached hydrogens (tertiary/aromatic N) is 2. The van der Waals surface area contributed by atoms with Crippen LogP contribution in [0.15, 0.2) is 35.7 Å². The molecule has 1 aromatic heterocycles. The summed E-state index contributed by atoms with van der Waals surface area (Å²) < 4.78 is 0. The van der Waals surface area contributed by atoms with Crippen LogP contribution in [0.3, 0.4) is 0 Å². The number of para-hydroxylation sites is 1. The molecule has 1 saturated heterocycles. The van der Waals surface area contributed by atoms with Crippen molar-refractivity contribution in [2.75, 3.05) is 31.1 Å². The first kappa shape index (κ1) is 21.7. The molecule has 0 radical (unpaired) electrons. The van der Waals surface area contributed by atoms with E-state index in [1.54, 1.807) is 0 Å². The third-order valence-corrected chi connectivity index (χ3v) is 5.01. The highest BCUT2D eigenvalue weighted by Crippen LogP contribution is 2.23. The Bertz CT molecular complexity index is 653. The topological polar surface area (TPSA) is 71.2 Å². The lowest BCUT2D eigenvalue weighted by molar-refractivity contribution is 0.0944. The second-order valence-electron chi connectivity index (χ2n) is 5.81. The molecule has 1 fully saturated rings. The Morgan fingerprint density at radius 1 is 1.32 bits per heavy atom. The van der Waals surface area contributed by atoms with Crippen molar-refractivity contribution in [2.24, 2.45) is 11.7 Å². The molecule has 1 unspecified atom stereocenters. The highest BCUT2D eigenvalue weighted by atomic mass is 35.5. The zero-order valence-corrected chi connectivity index (χ0v) is 16.3. The number of hydrogen-bond acceptors (Lipinski definition) is 5. The zero-order valence-electron chi connectivity index (χ0n) is 13.9. The molecule has 5 nitrogen and oxygen atoms in total. The Balaban J connectivity index is 0.00000156. The van der Waals surface area contributed by atoms with Gasteiger partial charge in [-0.1, -0.05) is 18.2 Å². The van der Waals surface area contributed by atoms with Gasteiger partial charge in [-0.15, -0.1) is 36.2 Å². The predicted octanol–water partition coefficient (Wildman–Crippen LogP) is 2.74. The summed E-state index contributed by atoms with van der Waals surface area (Å²) in [5.41, 5.74) is 7.28. The summed E-state index contributed by atoms with van der Waals surface area (Å²) in [6.07, 6.45) is 1.83. The van der Waals surface area contributed by atoms with Crippen molar-refractivity contribution >= 4 is 47.7 Å². The Morgan fingerprint density at radius 3 is 2.80 bits per heavy atom. The van der Waals surface area contributed by atoms with E-state index in [-0.39, 0.29) is 30.7 Å². The number of carbonyl (C=O) groups is 1. The number of thiazole rings is 1. The van der Waals surface area contributed by atoms with Crippen molar-refractivity contribution < 1.29 is 4.79 Å². The van der Waals surface area contributed by atoms with E-state index < -0.39 is 0 Å². The molecule has 0 bridgehead atoms. The first-order valence-corrected chi connectivity index (χ1v) is 8.87. The zero-order chi connectivity index (χ0) is 16.1. The van der Waals surface area contributed by atoms with Gasteiger partial charge in [0.1, 0.15) is 5.69 Å². The maximum atomic E-state index is 12.2. The standard InChI is InChI=1S/C17H22N4OS.2ClH/c18-8-6-16-20-15(12-23-16)17(22)19-10-13-7-9-21(11-13)14-4-2-1-3-5-14;;/h1-5,12-13H,6-11,18H2,(H,19,22);2*1H.